The Labute approximate surface area is 188 Å². The Balaban J connectivity index is 1.48. The monoisotopic (exact) mass is 429 g/mol. The van der Waals surface area contributed by atoms with Crippen molar-refractivity contribution in [1.82, 2.24) is 4.90 Å². The molecule has 1 aliphatic heterocycles. The van der Waals surface area contributed by atoms with Gasteiger partial charge in [-0.25, -0.2) is 0 Å². The van der Waals surface area contributed by atoms with Crippen molar-refractivity contribution in [2.24, 2.45) is 0 Å². The Morgan fingerprint density at radius 1 is 0.969 bits per heavy atom. The molecule has 4 rings (SSSR count). The number of carbonyl (C=O) groups excluding carboxylic acids is 2. The van der Waals surface area contributed by atoms with E-state index in [1.807, 2.05) is 72.5 Å². The van der Waals surface area contributed by atoms with Gasteiger partial charge in [0.1, 0.15) is 6.17 Å². The van der Waals surface area contributed by atoms with Crippen molar-refractivity contribution >= 4 is 23.2 Å². The summed E-state index contributed by atoms with van der Waals surface area (Å²) in [5.74, 6) is -0.147. The first-order valence-corrected chi connectivity index (χ1v) is 10.7. The number of ether oxygens (including phenoxy) is 1. The molecule has 2 amide bonds. The maximum Gasteiger partial charge on any atom is 0.256 e. The summed E-state index contributed by atoms with van der Waals surface area (Å²) in [6.45, 7) is 3.19. The SMILES string of the molecule is COCCCN1C(=O)c2ccccc2C1Nc1ccc(C(=O)Nc2ccc(C)cc2)cc1. The average molecular weight is 430 g/mol. The number of methoxy groups -OCH3 is 1. The molecule has 1 heterocycles. The Morgan fingerprint density at radius 3 is 2.38 bits per heavy atom. The van der Waals surface area contributed by atoms with Crippen LogP contribution in [0.1, 0.15) is 44.4 Å². The number of amides is 2. The molecular formula is C26H27N3O3. The van der Waals surface area contributed by atoms with Gasteiger partial charge in [-0.1, -0.05) is 35.9 Å². The van der Waals surface area contributed by atoms with Crippen LogP contribution in [-0.2, 0) is 4.74 Å². The Hall–Kier alpha value is -3.64. The highest BCUT2D eigenvalue weighted by atomic mass is 16.5. The summed E-state index contributed by atoms with van der Waals surface area (Å²) >= 11 is 0. The molecule has 6 nitrogen and oxygen atoms in total. The third-order valence-electron chi connectivity index (χ3n) is 5.57. The molecular weight excluding hydrogens is 402 g/mol. The van der Waals surface area contributed by atoms with E-state index in [0.717, 1.165) is 34.5 Å². The summed E-state index contributed by atoms with van der Waals surface area (Å²) in [5.41, 5.74) is 4.98. The summed E-state index contributed by atoms with van der Waals surface area (Å²) in [7, 11) is 1.66. The molecule has 1 aliphatic rings. The first kappa shape index (κ1) is 21.6. The highest BCUT2D eigenvalue weighted by Gasteiger charge is 2.35. The molecule has 2 N–H and O–H groups in total. The smallest absolute Gasteiger partial charge is 0.256 e. The third-order valence-corrected chi connectivity index (χ3v) is 5.57. The van der Waals surface area contributed by atoms with E-state index in [0.29, 0.717) is 18.7 Å². The van der Waals surface area contributed by atoms with E-state index in [-0.39, 0.29) is 18.0 Å². The van der Waals surface area contributed by atoms with Gasteiger partial charge in [-0.3, -0.25) is 9.59 Å². The van der Waals surface area contributed by atoms with Gasteiger partial charge in [0.05, 0.1) is 0 Å². The fraction of sp³-hybridized carbons (Fsp3) is 0.231. The molecule has 0 fully saturated rings. The second kappa shape index (κ2) is 9.66. The summed E-state index contributed by atoms with van der Waals surface area (Å²) in [4.78, 5) is 27.3. The predicted octanol–water partition coefficient (Wildman–Crippen LogP) is 4.85. The molecule has 164 valence electrons. The van der Waals surface area contributed by atoms with Crippen LogP contribution >= 0.6 is 0 Å². The maximum absolute atomic E-state index is 12.9. The highest BCUT2D eigenvalue weighted by Crippen LogP contribution is 2.34. The second-order valence-corrected chi connectivity index (χ2v) is 7.88. The number of nitrogens with one attached hydrogen (secondary N) is 2. The van der Waals surface area contributed by atoms with Crippen LogP contribution in [0, 0.1) is 6.92 Å². The number of carbonyl (C=O) groups is 2. The molecule has 0 saturated heterocycles. The number of nitrogens with zero attached hydrogens (tertiary/aromatic N) is 1. The van der Waals surface area contributed by atoms with Crippen LogP contribution in [0.4, 0.5) is 11.4 Å². The molecule has 3 aromatic carbocycles. The van der Waals surface area contributed by atoms with Crippen molar-refractivity contribution < 1.29 is 14.3 Å². The molecule has 6 heteroatoms. The standard InChI is InChI=1S/C26H27N3O3/c1-18-8-12-21(13-9-18)28-25(30)19-10-14-20(15-11-19)27-24-22-6-3-4-7-23(22)26(31)29(24)16-5-17-32-2/h3-4,6-15,24,27H,5,16-17H2,1-2H3,(H,28,30). The number of rotatable bonds is 8. The minimum absolute atomic E-state index is 0.0169. The molecule has 0 spiro atoms. The van der Waals surface area contributed by atoms with Crippen molar-refractivity contribution in [2.75, 3.05) is 30.9 Å². The van der Waals surface area contributed by atoms with Gasteiger partial charge in [-0.2, -0.15) is 0 Å². The summed E-state index contributed by atoms with van der Waals surface area (Å²) in [6.07, 6.45) is 0.495. The van der Waals surface area contributed by atoms with Crippen molar-refractivity contribution in [1.29, 1.82) is 0 Å². The van der Waals surface area contributed by atoms with Gasteiger partial charge in [-0.15, -0.1) is 0 Å². The number of hydrogen-bond donors (Lipinski definition) is 2. The first-order valence-electron chi connectivity index (χ1n) is 10.7. The summed E-state index contributed by atoms with van der Waals surface area (Å²) in [5, 5.41) is 6.37. The zero-order valence-corrected chi connectivity index (χ0v) is 18.3. The third kappa shape index (κ3) is 4.65. The molecule has 0 bridgehead atoms. The summed E-state index contributed by atoms with van der Waals surface area (Å²) < 4.78 is 5.16. The lowest BCUT2D eigenvalue weighted by molar-refractivity contribution is 0.0721. The lowest BCUT2D eigenvalue weighted by Crippen LogP contribution is -2.33. The van der Waals surface area contributed by atoms with Gasteiger partial charge in [0.25, 0.3) is 11.8 Å². The van der Waals surface area contributed by atoms with Gasteiger partial charge >= 0.3 is 0 Å². The lowest BCUT2D eigenvalue weighted by atomic mass is 10.1. The molecule has 0 saturated carbocycles. The van der Waals surface area contributed by atoms with Gasteiger partial charge in [0.2, 0.25) is 0 Å². The van der Waals surface area contributed by atoms with Gasteiger partial charge in [-0.05, 0) is 55.8 Å². The maximum atomic E-state index is 12.9. The van der Waals surface area contributed by atoms with E-state index >= 15 is 0 Å². The molecule has 1 unspecified atom stereocenters. The predicted molar refractivity (Wildman–Crippen MR) is 126 cm³/mol. The van der Waals surface area contributed by atoms with E-state index in [9.17, 15) is 9.59 Å². The molecule has 0 aromatic heterocycles. The number of fused-ring (bicyclic) bond motifs is 1. The highest BCUT2D eigenvalue weighted by molar-refractivity contribution is 6.04. The van der Waals surface area contributed by atoms with Crippen LogP contribution in [0.3, 0.4) is 0 Å². The normalized spacial score (nSPS) is 14.9. The van der Waals surface area contributed by atoms with Crippen molar-refractivity contribution in [3.05, 3.63) is 95.1 Å². The quantitative estimate of drug-likeness (QED) is 0.502. The van der Waals surface area contributed by atoms with Gasteiger partial charge in [0, 0.05) is 48.3 Å². The van der Waals surface area contributed by atoms with Crippen LogP contribution in [0.2, 0.25) is 0 Å². The van der Waals surface area contributed by atoms with Crippen molar-refractivity contribution in [3.8, 4) is 0 Å². The number of aryl methyl sites for hydroxylation is 1. The van der Waals surface area contributed by atoms with Crippen LogP contribution < -0.4 is 10.6 Å². The van der Waals surface area contributed by atoms with Crippen LogP contribution in [0.25, 0.3) is 0 Å². The van der Waals surface area contributed by atoms with Crippen LogP contribution in [0.15, 0.2) is 72.8 Å². The Morgan fingerprint density at radius 2 is 1.66 bits per heavy atom. The Bertz CT molecular complexity index is 1090. The fourth-order valence-corrected chi connectivity index (χ4v) is 3.85. The minimum atomic E-state index is -0.261. The molecule has 0 aliphatic carbocycles. The van der Waals surface area contributed by atoms with Crippen molar-refractivity contribution in [3.63, 3.8) is 0 Å². The van der Waals surface area contributed by atoms with E-state index in [4.69, 9.17) is 4.74 Å². The number of anilines is 2. The van der Waals surface area contributed by atoms with Crippen molar-refractivity contribution in [2.45, 2.75) is 19.5 Å². The molecule has 3 aromatic rings. The minimum Gasteiger partial charge on any atom is -0.385 e. The topological polar surface area (TPSA) is 70.7 Å². The zero-order valence-electron chi connectivity index (χ0n) is 18.3. The zero-order chi connectivity index (χ0) is 22.5. The van der Waals surface area contributed by atoms with E-state index in [1.165, 1.54) is 0 Å². The van der Waals surface area contributed by atoms with E-state index in [2.05, 4.69) is 10.6 Å². The second-order valence-electron chi connectivity index (χ2n) is 7.88. The van der Waals surface area contributed by atoms with Gasteiger partial charge in [0.15, 0.2) is 0 Å². The molecule has 1 atom stereocenters. The average Bonchev–Trinajstić information content (AvgIpc) is 3.07. The van der Waals surface area contributed by atoms with Gasteiger partial charge < -0.3 is 20.3 Å². The van der Waals surface area contributed by atoms with E-state index in [1.54, 1.807) is 19.2 Å². The van der Waals surface area contributed by atoms with E-state index < -0.39 is 0 Å². The molecule has 32 heavy (non-hydrogen) atoms. The van der Waals surface area contributed by atoms with Crippen LogP contribution in [0.5, 0.6) is 0 Å². The van der Waals surface area contributed by atoms with Crippen LogP contribution in [-0.4, -0.2) is 37.0 Å². The number of benzene rings is 3. The lowest BCUT2D eigenvalue weighted by Gasteiger charge is -2.27. The largest absolute Gasteiger partial charge is 0.385 e. The first-order chi connectivity index (χ1) is 15.6. The summed E-state index contributed by atoms with van der Waals surface area (Å²) in [6, 6.07) is 22.6. The fourth-order valence-electron chi connectivity index (χ4n) is 3.85. The Kier molecular flexibility index (Phi) is 6.52. The molecule has 0 radical (unpaired) electrons. The number of hydrogen-bond acceptors (Lipinski definition) is 4.